The van der Waals surface area contributed by atoms with Gasteiger partial charge in [-0.1, -0.05) is 48.5 Å². The first-order valence-corrected chi connectivity index (χ1v) is 8.21. The Labute approximate surface area is 167 Å². The van der Waals surface area contributed by atoms with E-state index in [0.717, 1.165) is 29.4 Å². The Morgan fingerprint density at radius 2 is 1.72 bits per heavy atom. The highest BCUT2D eigenvalue weighted by molar-refractivity contribution is 14.0. The lowest BCUT2D eigenvalue weighted by atomic mass is 10.1. The first-order valence-electron chi connectivity index (χ1n) is 8.21. The van der Waals surface area contributed by atoms with Crippen LogP contribution in [0.3, 0.4) is 0 Å². The normalized spacial score (nSPS) is 10.5. The molecule has 0 aliphatic rings. The van der Waals surface area contributed by atoms with Crippen LogP contribution < -0.4 is 15.4 Å². The molecule has 0 radical (unpaired) electrons. The predicted molar refractivity (Wildman–Crippen MR) is 116 cm³/mol. The van der Waals surface area contributed by atoms with Gasteiger partial charge in [0.2, 0.25) is 0 Å². The van der Waals surface area contributed by atoms with Gasteiger partial charge in [0.05, 0.1) is 6.54 Å². The molecule has 25 heavy (non-hydrogen) atoms. The second kappa shape index (κ2) is 12.4. The van der Waals surface area contributed by atoms with E-state index in [0.29, 0.717) is 19.7 Å². The quantitative estimate of drug-likeness (QED) is 0.275. The third kappa shape index (κ3) is 7.60. The van der Waals surface area contributed by atoms with Crippen molar-refractivity contribution in [3.05, 3.63) is 78.4 Å². The fourth-order valence-electron chi connectivity index (χ4n) is 2.21. The fourth-order valence-corrected chi connectivity index (χ4v) is 2.21. The number of nitrogens with one attached hydrogen (secondary N) is 2. The summed E-state index contributed by atoms with van der Waals surface area (Å²) >= 11 is 0. The number of rotatable bonds is 8. The largest absolute Gasteiger partial charge is 0.489 e. The van der Waals surface area contributed by atoms with E-state index in [1.807, 2.05) is 55.5 Å². The van der Waals surface area contributed by atoms with Gasteiger partial charge < -0.3 is 15.4 Å². The molecule has 0 spiro atoms. The molecule has 0 saturated carbocycles. The molecule has 134 valence electrons. The number of ether oxygens (including phenoxy) is 1. The summed E-state index contributed by atoms with van der Waals surface area (Å²) in [4.78, 5) is 4.63. The Morgan fingerprint density at radius 1 is 1.04 bits per heavy atom. The molecular weight excluding hydrogens is 425 g/mol. The Kier molecular flexibility index (Phi) is 10.4. The summed E-state index contributed by atoms with van der Waals surface area (Å²) in [6.45, 7) is 8.40. The second-order valence-corrected chi connectivity index (χ2v) is 5.24. The van der Waals surface area contributed by atoms with E-state index in [4.69, 9.17) is 4.74 Å². The Bertz CT molecular complexity index is 659. The number of hydrogen-bond donors (Lipinski definition) is 2. The molecule has 5 heteroatoms. The number of benzene rings is 2. The number of guanidine groups is 1. The first-order chi connectivity index (χ1) is 11.8. The summed E-state index contributed by atoms with van der Waals surface area (Å²) in [7, 11) is 0. The van der Waals surface area contributed by atoms with E-state index in [-0.39, 0.29) is 24.0 Å². The predicted octanol–water partition coefficient (Wildman–Crippen LogP) is 4.12. The van der Waals surface area contributed by atoms with Crippen molar-refractivity contribution in [2.75, 3.05) is 13.1 Å². The highest BCUT2D eigenvalue weighted by atomic mass is 127. The average Bonchev–Trinajstić information content (AvgIpc) is 2.64. The fraction of sp³-hybridized carbons (Fsp3) is 0.250. The SMILES string of the molecule is C=CCNC(=NCc1ccccc1COc1ccccc1)NCC.I. The van der Waals surface area contributed by atoms with Crippen LogP contribution in [0.5, 0.6) is 5.75 Å². The lowest BCUT2D eigenvalue weighted by molar-refractivity contribution is 0.305. The van der Waals surface area contributed by atoms with E-state index < -0.39 is 0 Å². The molecule has 2 aromatic rings. The van der Waals surface area contributed by atoms with Crippen LogP contribution in [0, 0.1) is 0 Å². The molecule has 0 bridgehead atoms. The van der Waals surface area contributed by atoms with Crippen molar-refractivity contribution in [1.29, 1.82) is 0 Å². The van der Waals surface area contributed by atoms with E-state index in [1.165, 1.54) is 0 Å². The van der Waals surface area contributed by atoms with Crippen LogP contribution in [-0.4, -0.2) is 19.0 Å². The van der Waals surface area contributed by atoms with Crippen molar-refractivity contribution in [2.45, 2.75) is 20.1 Å². The number of nitrogens with zero attached hydrogens (tertiary/aromatic N) is 1. The number of aliphatic imine (C=N–C) groups is 1. The van der Waals surface area contributed by atoms with Gasteiger partial charge in [-0.3, -0.25) is 0 Å². The standard InChI is InChI=1S/C20H25N3O.HI/c1-3-14-22-20(21-4-2)23-15-17-10-8-9-11-18(17)16-24-19-12-6-5-7-13-19;/h3,5-13H,1,4,14-16H2,2H3,(H2,21,22,23);1H. The number of halogens is 1. The van der Waals surface area contributed by atoms with Crippen LogP contribution in [-0.2, 0) is 13.2 Å². The molecule has 0 aromatic heterocycles. The molecule has 2 rings (SSSR count). The van der Waals surface area contributed by atoms with E-state index in [1.54, 1.807) is 0 Å². The summed E-state index contributed by atoms with van der Waals surface area (Å²) in [6, 6.07) is 18.1. The van der Waals surface area contributed by atoms with E-state index >= 15 is 0 Å². The van der Waals surface area contributed by atoms with Gasteiger partial charge in [0.25, 0.3) is 0 Å². The van der Waals surface area contributed by atoms with Gasteiger partial charge in [-0.15, -0.1) is 30.6 Å². The highest BCUT2D eigenvalue weighted by Gasteiger charge is 2.03. The highest BCUT2D eigenvalue weighted by Crippen LogP contribution is 2.15. The van der Waals surface area contributed by atoms with Gasteiger partial charge in [0.1, 0.15) is 12.4 Å². The monoisotopic (exact) mass is 451 g/mol. The zero-order chi connectivity index (χ0) is 17.0. The minimum absolute atomic E-state index is 0. The zero-order valence-corrected chi connectivity index (χ0v) is 16.9. The topological polar surface area (TPSA) is 45.7 Å². The van der Waals surface area contributed by atoms with Gasteiger partial charge in [0, 0.05) is 13.1 Å². The van der Waals surface area contributed by atoms with Gasteiger partial charge in [-0.25, -0.2) is 4.99 Å². The van der Waals surface area contributed by atoms with Gasteiger partial charge >= 0.3 is 0 Å². The Morgan fingerprint density at radius 3 is 2.40 bits per heavy atom. The van der Waals surface area contributed by atoms with Crippen molar-refractivity contribution in [2.24, 2.45) is 4.99 Å². The summed E-state index contributed by atoms with van der Waals surface area (Å²) < 4.78 is 5.86. The molecule has 0 atom stereocenters. The molecule has 0 saturated heterocycles. The molecule has 4 nitrogen and oxygen atoms in total. The summed E-state index contributed by atoms with van der Waals surface area (Å²) in [5, 5.41) is 6.43. The van der Waals surface area contributed by atoms with Crippen molar-refractivity contribution in [1.82, 2.24) is 10.6 Å². The molecule has 0 aliphatic heterocycles. The zero-order valence-electron chi connectivity index (χ0n) is 14.6. The summed E-state index contributed by atoms with van der Waals surface area (Å²) in [5.74, 6) is 1.66. The number of hydrogen-bond acceptors (Lipinski definition) is 2. The molecule has 0 heterocycles. The maximum absolute atomic E-state index is 5.86. The third-order valence-electron chi connectivity index (χ3n) is 3.42. The maximum atomic E-state index is 5.86. The first kappa shape index (κ1) is 21.0. The van der Waals surface area contributed by atoms with Crippen LogP contribution in [0.2, 0.25) is 0 Å². The van der Waals surface area contributed by atoms with E-state index in [9.17, 15) is 0 Å². The van der Waals surface area contributed by atoms with E-state index in [2.05, 4.69) is 34.3 Å². The molecule has 2 N–H and O–H groups in total. The lowest BCUT2D eigenvalue weighted by Crippen LogP contribution is -2.37. The minimum atomic E-state index is 0. The van der Waals surface area contributed by atoms with Crippen molar-refractivity contribution in [3.63, 3.8) is 0 Å². The van der Waals surface area contributed by atoms with Crippen molar-refractivity contribution >= 4 is 29.9 Å². The molecule has 2 aromatic carbocycles. The molecule has 0 aliphatic carbocycles. The second-order valence-electron chi connectivity index (χ2n) is 5.24. The average molecular weight is 451 g/mol. The van der Waals surface area contributed by atoms with Crippen LogP contribution >= 0.6 is 24.0 Å². The summed E-state index contributed by atoms with van der Waals surface area (Å²) in [6.07, 6.45) is 1.81. The van der Waals surface area contributed by atoms with Gasteiger partial charge in [0.15, 0.2) is 5.96 Å². The van der Waals surface area contributed by atoms with Crippen LogP contribution in [0.1, 0.15) is 18.1 Å². The Balaban J connectivity index is 0.00000312. The molecule has 0 fully saturated rings. The smallest absolute Gasteiger partial charge is 0.191 e. The lowest BCUT2D eigenvalue weighted by Gasteiger charge is -2.12. The molecule has 0 amide bonds. The van der Waals surface area contributed by atoms with Crippen LogP contribution in [0.25, 0.3) is 0 Å². The molecule has 0 unspecified atom stereocenters. The van der Waals surface area contributed by atoms with Crippen LogP contribution in [0.4, 0.5) is 0 Å². The van der Waals surface area contributed by atoms with Crippen molar-refractivity contribution in [3.8, 4) is 5.75 Å². The number of para-hydroxylation sites is 1. The van der Waals surface area contributed by atoms with Crippen LogP contribution in [0.15, 0.2) is 72.2 Å². The Hall–Kier alpha value is -2.02. The van der Waals surface area contributed by atoms with Gasteiger partial charge in [-0.2, -0.15) is 0 Å². The summed E-state index contributed by atoms with van der Waals surface area (Å²) in [5.41, 5.74) is 2.30. The maximum Gasteiger partial charge on any atom is 0.191 e. The molecular formula is C20H26IN3O. The van der Waals surface area contributed by atoms with Gasteiger partial charge in [-0.05, 0) is 30.2 Å². The third-order valence-corrected chi connectivity index (χ3v) is 3.42. The van der Waals surface area contributed by atoms with Crippen molar-refractivity contribution < 1.29 is 4.74 Å². The minimum Gasteiger partial charge on any atom is -0.489 e.